The van der Waals surface area contributed by atoms with Crippen molar-refractivity contribution < 1.29 is 0 Å². The molecule has 1 aromatic carbocycles. The Morgan fingerprint density at radius 1 is 1.21 bits per heavy atom. The van der Waals surface area contributed by atoms with E-state index in [0.29, 0.717) is 5.92 Å². The molecule has 19 heavy (non-hydrogen) atoms. The van der Waals surface area contributed by atoms with Crippen molar-refractivity contribution in [3.8, 4) is 11.3 Å². The monoisotopic (exact) mass is 274 g/mol. The van der Waals surface area contributed by atoms with E-state index in [9.17, 15) is 0 Å². The molecule has 0 atom stereocenters. The van der Waals surface area contributed by atoms with Crippen LogP contribution in [0.1, 0.15) is 45.4 Å². The van der Waals surface area contributed by atoms with E-state index >= 15 is 0 Å². The van der Waals surface area contributed by atoms with Crippen molar-refractivity contribution >= 4 is 12.6 Å². The predicted octanol–water partition coefficient (Wildman–Crippen LogP) is 4.76. The van der Waals surface area contributed by atoms with Crippen LogP contribution in [-0.4, -0.2) is 9.55 Å². The van der Waals surface area contributed by atoms with Crippen LogP contribution >= 0.6 is 12.6 Å². The van der Waals surface area contributed by atoms with Gasteiger partial charge < -0.3 is 4.57 Å². The van der Waals surface area contributed by atoms with Gasteiger partial charge in [-0.2, -0.15) is 0 Å². The molecular weight excluding hydrogens is 252 g/mol. The largest absolute Gasteiger partial charge is 0.327 e. The zero-order chi connectivity index (χ0) is 13.8. The topological polar surface area (TPSA) is 17.8 Å². The van der Waals surface area contributed by atoms with Gasteiger partial charge >= 0.3 is 0 Å². The summed E-state index contributed by atoms with van der Waals surface area (Å²) in [6, 6.07) is 10.4. The van der Waals surface area contributed by atoms with E-state index in [-0.39, 0.29) is 0 Å². The number of aromatic nitrogens is 2. The lowest BCUT2D eigenvalue weighted by molar-refractivity contribution is 0.587. The molecule has 0 unspecified atom stereocenters. The van der Waals surface area contributed by atoms with Crippen molar-refractivity contribution in [1.29, 1.82) is 0 Å². The highest BCUT2D eigenvalue weighted by Gasteiger charge is 2.17. The summed E-state index contributed by atoms with van der Waals surface area (Å²) in [5.74, 6) is 1.55. The van der Waals surface area contributed by atoms with Crippen LogP contribution in [0.3, 0.4) is 0 Å². The van der Waals surface area contributed by atoms with Gasteiger partial charge in [-0.3, -0.25) is 0 Å². The Balaban J connectivity index is 2.52. The molecule has 0 aliphatic rings. The normalized spacial score (nSPS) is 11.2. The molecule has 0 bridgehead atoms. The second-order valence-corrected chi connectivity index (χ2v) is 5.59. The van der Waals surface area contributed by atoms with Gasteiger partial charge in [0, 0.05) is 18.0 Å². The van der Waals surface area contributed by atoms with Gasteiger partial charge in [-0.25, -0.2) is 4.98 Å². The molecular formula is C16H22N2S. The Hall–Kier alpha value is -1.22. The van der Waals surface area contributed by atoms with Crippen LogP contribution in [0, 0.1) is 0 Å². The maximum Gasteiger partial charge on any atom is 0.119 e. The fourth-order valence-electron chi connectivity index (χ4n) is 2.32. The average Bonchev–Trinajstić information content (AvgIpc) is 2.74. The van der Waals surface area contributed by atoms with Gasteiger partial charge in [-0.05, 0) is 6.42 Å². The summed E-state index contributed by atoms with van der Waals surface area (Å²) >= 11 is 4.58. The molecule has 1 heterocycles. The van der Waals surface area contributed by atoms with Gasteiger partial charge in [-0.1, -0.05) is 57.5 Å². The molecule has 0 aliphatic carbocycles. The van der Waals surface area contributed by atoms with E-state index in [2.05, 4.69) is 67.2 Å². The highest BCUT2D eigenvalue weighted by Crippen LogP contribution is 2.30. The minimum atomic E-state index is 0.417. The first-order valence-electron chi connectivity index (χ1n) is 7.00. The number of rotatable bonds is 5. The summed E-state index contributed by atoms with van der Waals surface area (Å²) in [5.41, 5.74) is 2.35. The van der Waals surface area contributed by atoms with Gasteiger partial charge in [0.1, 0.15) is 10.9 Å². The first-order valence-corrected chi connectivity index (χ1v) is 7.44. The van der Waals surface area contributed by atoms with E-state index in [1.54, 1.807) is 0 Å². The smallest absolute Gasteiger partial charge is 0.119 e. The first-order chi connectivity index (χ1) is 9.15. The Morgan fingerprint density at radius 3 is 2.47 bits per heavy atom. The second-order valence-electron chi connectivity index (χ2n) is 5.17. The molecule has 2 nitrogen and oxygen atoms in total. The molecule has 0 N–H and O–H groups in total. The van der Waals surface area contributed by atoms with Crippen LogP contribution in [0.25, 0.3) is 11.3 Å². The second kappa shape index (κ2) is 6.29. The zero-order valence-electron chi connectivity index (χ0n) is 11.9. The SMILES string of the molecule is CCCCn1c(C(C)C)nc(S)c1-c1ccccc1. The van der Waals surface area contributed by atoms with Gasteiger partial charge in [0.05, 0.1) is 5.69 Å². The van der Waals surface area contributed by atoms with Gasteiger partial charge in [-0.15, -0.1) is 12.6 Å². The maximum absolute atomic E-state index is 4.67. The summed E-state index contributed by atoms with van der Waals surface area (Å²) in [5, 5.41) is 0.839. The molecule has 2 aromatic rings. The minimum Gasteiger partial charge on any atom is -0.327 e. The molecule has 102 valence electrons. The third-order valence-electron chi connectivity index (χ3n) is 3.28. The van der Waals surface area contributed by atoms with Gasteiger partial charge in [0.15, 0.2) is 0 Å². The van der Waals surface area contributed by atoms with Crippen LogP contribution in [0.15, 0.2) is 35.4 Å². The molecule has 0 fully saturated rings. The quantitative estimate of drug-likeness (QED) is 0.778. The molecule has 0 saturated carbocycles. The fraction of sp³-hybridized carbons (Fsp3) is 0.438. The standard InChI is InChI=1S/C16H22N2S/c1-4-5-11-18-14(13-9-7-6-8-10-13)16(19)17-15(18)12(2)3/h6-10,12,19H,4-5,11H2,1-3H3. The number of unbranched alkanes of at least 4 members (excludes halogenated alkanes) is 1. The lowest BCUT2D eigenvalue weighted by Crippen LogP contribution is -2.07. The lowest BCUT2D eigenvalue weighted by atomic mass is 10.1. The molecule has 0 aliphatic heterocycles. The van der Waals surface area contributed by atoms with E-state index in [1.165, 1.54) is 18.4 Å². The van der Waals surface area contributed by atoms with E-state index in [1.807, 2.05) is 6.07 Å². The lowest BCUT2D eigenvalue weighted by Gasteiger charge is -2.13. The van der Waals surface area contributed by atoms with Crippen molar-refractivity contribution in [3.05, 3.63) is 36.2 Å². The highest BCUT2D eigenvalue weighted by atomic mass is 32.1. The third kappa shape index (κ3) is 3.03. The fourth-order valence-corrected chi connectivity index (χ4v) is 2.67. The Labute approximate surface area is 121 Å². The number of hydrogen-bond acceptors (Lipinski definition) is 2. The summed E-state index contributed by atoms with van der Waals surface area (Å²) in [6.45, 7) is 7.61. The zero-order valence-corrected chi connectivity index (χ0v) is 12.8. The molecule has 0 saturated heterocycles. The molecule has 0 amide bonds. The van der Waals surface area contributed by atoms with Gasteiger partial charge in [0.2, 0.25) is 0 Å². The number of nitrogens with zero attached hydrogens (tertiary/aromatic N) is 2. The van der Waals surface area contributed by atoms with Gasteiger partial charge in [0.25, 0.3) is 0 Å². The van der Waals surface area contributed by atoms with E-state index in [0.717, 1.165) is 23.1 Å². The van der Waals surface area contributed by atoms with Crippen molar-refractivity contribution in [2.24, 2.45) is 0 Å². The Bertz CT molecular complexity index is 529. The van der Waals surface area contributed by atoms with Crippen molar-refractivity contribution in [2.45, 2.75) is 51.1 Å². The average molecular weight is 274 g/mol. The molecule has 0 radical (unpaired) electrons. The highest BCUT2D eigenvalue weighted by molar-refractivity contribution is 7.80. The maximum atomic E-state index is 4.67. The van der Waals surface area contributed by atoms with Crippen molar-refractivity contribution in [2.75, 3.05) is 0 Å². The van der Waals surface area contributed by atoms with Crippen LogP contribution in [-0.2, 0) is 6.54 Å². The minimum absolute atomic E-state index is 0.417. The number of imidazole rings is 1. The molecule has 2 rings (SSSR count). The summed E-state index contributed by atoms with van der Waals surface area (Å²) in [4.78, 5) is 4.67. The van der Waals surface area contributed by atoms with Crippen LogP contribution in [0.4, 0.5) is 0 Å². The van der Waals surface area contributed by atoms with Crippen LogP contribution in [0.5, 0.6) is 0 Å². The number of benzene rings is 1. The number of hydrogen-bond donors (Lipinski definition) is 1. The Kier molecular flexibility index (Phi) is 4.70. The summed E-state index contributed by atoms with van der Waals surface area (Å²) in [6.07, 6.45) is 2.36. The van der Waals surface area contributed by atoms with Crippen LogP contribution < -0.4 is 0 Å². The molecule has 1 aromatic heterocycles. The number of thiol groups is 1. The molecule has 0 spiro atoms. The summed E-state index contributed by atoms with van der Waals surface area (Å²) < 4.78 is 2.34. The van der Waals surface area contributed by atoms with E-state index < -0.39 is 0 Å². The first kappa shape index (κ1) is 14.2. The van der Waals surface area contributed by atoms with Crippen molar-refractivity contribution in [1.82, 2.24) is 9.55 Å². The van der Waals surface area contributed by atoms with Crippen LogP contribution in [0.2, 0.25) is 0 Å². The Morgan fingerprint density at radius 2 is 1.89 bits per heavy atom. The third-order valence-corrected chi connectivity index (χ3v) is 3.59. The summed E-state index contributed by atoms with van der Waals surface area (Å²) in [7, 11) is 0. The van der Waals surface area contributed by atoms with Crippen molar-refractivity contribution in [3.63, 3.8) is 0 Å². The predicted molar refractivity (Wildman–Crippen MR) is 83.9 cm³/mol. The van der Waals surface area contributed by atoms with E-state index in [4.69, 9.17) is 0 Å². The molecule has 3 heteroatoms.